The maximum atomic E-state index is 12.7. The largest absolute Gasteiger partial charge is 0.467 e. The van der Waals surface area contributed by atoms with Gasteiger partial charge in [0.1, 0.15) is 10.8 Å². The Morgan fingerprint density at radius 3 is 3.00 bits per heavy atom. The van der Waals surface area contributed by atoms with E-state index in [-0.39, 0.29) is 5.91 Å². The van der Waals surface area contributed by atoms with Crippen molar-refractivity contribution in [2.75, 3.05) is 5.75 Å². The van der Waals surface area contributed by atoms with Gasteiger partial charge in [0, 0.05) is 5.70 Å². The molecule has 1 amide bonds. The number of thioether (sulfide) groups is 1. The van der Waals surface area contributed by atoms with Crippen molar-refractivity contribution < 1.29 is 9.21 Å². The monoisotopic (exact) mass is 349 g/mol. The first-order valence-electron chi connectivity index (χ1n) is 7.67. The Morgan fingerprint density at radius 1 is 1.43 bits per heavy atom. The number of nitrogens with zero attached hydrogens (tertiary/aromatic N) is 3. The number of carbonyl (C=O) groups excluding carboxylic acids is 1. The van der Waals surface area contributed by atoms with Gasteiger partial charge in [-0.2, -0.15) is 0 Å². The Morgan fingerprint density at radius 2 is 2.35 bits per heavy atom. The summed E-state index contributed by atoms with van der Waals surface area (Å²) in [5.74, 6) is 1.26. The molecule has 0 saturated heterocycles. The van der Waals surface area contributed by atoms with Crippen LogP contribution in [0.4, 0.5) is 0 Å². The lowest BCUT2D eigenvalue weighted by molar-refractivity contribution is -0.127. The summed E-state index contributed by atoms with van der Waals surface area (Å²) in [6.45, 7) is 2.41. The zero-order valence-electron chi connectivity index (χ0n) is 13.0. The molecule has 1 aliphatic carbocycles. The Labute approximate surface area is 143 Å². The predicted octanol–water partition coefficient (Wildman–Crippen LogP) is 4.02. The summed E-state index contributed by atoms with van der Waals surface area (Å²) >= 11 is 2.97. The standard InChI is InChI=1S/C16H19N3O2S2/c1-12-17-18-16(23-12)22-11-15(20)19(10-14-8-5-9-21-14)13-6-3-2-4-7-13/h5-6,8-9H,2-4,7,10-11H2,1H3. The van der Waals surface area contributed by atoms with Crippen molar-refractivity contribution >= 4 is 29.0 Å². The molecule has 0 spiro atoms. The zero-order chi connectivity index (χ0) is 16.1. The topological polar surface area (TPSA) is 59.2 Å². The number of hydrogen-bond acceptors (Lipinski definition) is 6. The third-order valence-corrected chi connectivity index (χ3v) is 5.59. The van der Waals surface area contributed by atoms with Crippen LogP contribution in [0.2, 0.25) is 0 Å². The number of aromatic nitrogens is 2. The number of carbonyl (C=O) groups is 1. The molecule has 122 valence electrons. The van der Waals surface area contributed by atoms with Crippen LogP contribution in [0.3, 0.4) is 0 Å². The molecule has 23 heavy (non-hydrogen) atoms. The molecule has 0 unspecified atom stereocenters. The van der Waals surface area contributed by atoms with Crippen LogP contribution in [0.15, 0.2) is 38.9 Å². The van der Waals surface area contributed by atoms with Gasteiger partial charge in [0.2, 0.25) is 5.91 Å². The highest BCUT2D eigenvalue weighted by atomic mass is 32.2. The van der Waals surface area contributed by atoms with Crippen LogP contribution in [-0.4, -0.2) is 26.8 Å². The van der Waals surface area contributed by atoms with Crippen molar-refractivity contribution in [1.29, 1.82) is 0 Å². The molecule has 3 rings (SSSR count). The normalized spacial score (nSPS) is 14.6. The fraction of sp³-hybridized carbons (Fsp3) is 0.438. The number of aryl methyl sites for hydroxylation is 1. The van der Waals surface area contributed by atoms with Crippen molar-refractivity contribution in [2.45, 2.75) is 43.5 Å². The third-order valence-electron chi connectivity index (χ3n) is 3.64. The first kappa shape index (κ1) is 16.3. The van der Waals surface area contributed by atoms with Gasteiger partial charge in [-0.3, -0.25) is 4.79 Å². The highest BCUT2D eigenvalue weighted by molar-refractivity contribution is 8.01. The first-order chi connectivity index (χ1) is 11.2. The van der Waals surface area contributed by atoms with Crippen molar-refractivity contribution in [3.8, 4) is 0 Å². The van der Waals surface area contributed by atoms with Gasteiger partial charge < -0.3 is 9.32 Å². The molecule has 0 fully saturated rings. The number of rotatable bonds is 6. The van der Waals surface area contributed by atoms with E-state index in [9.17, 15) is 4.79 Å². The minimum absolute atomic E-state index is 0.0902. The van der Waals surface area contributed by atoms with E-state index in [0.29, 0.717) is 12.3 Å². The van der Waals surface area contributed by atoms with Crippen molar-refractivity contribution in [1.82, 2.24) is 15.1 Å². The molecule has 0 saturated carbocycles. The van der Waals surface area contributed by atoms with Crippen LogP contribution in [0.1, 0.15) is 36.5 Å². The highest BCUT2D eigenvalue weighted by Crippen LogP contribution is 2.26. The summed E-state index contributed by atoms with van der Waals surface area (Å²) in [6, 6.07) is 3.76. The summed E-state index contributed by atoms with van der Waals surface area (Å²) < 4.78 is 6.26. The van der Waals surface area contributed by atoms with Gasteiger partial charge in [-0.1, -0.05) is 29.2 Å². The lowest BCUT2D eigenvalue weighted by atomic mass is 10.0. The van der Waals surface area contributed by atoms with Crippen LogP contribution in [0, 0.1) is 6.92 Å². The molecule has 0 aliphatic heterocycles. The predicted molar refractivity (Wildman–Crippen MR) is 91.2 cm³/mol. The SMILES string of the molecule is Cc1nnc(SCC(=O)N(Cc2ccco2)C2=CCCCC2)s1. The summed E-state index contributed by atoms with van der Waals surface area (Å²) in [7, 11) is 0. The second-order valence-corrected chi connectivity index (χ2v) is 7.78. The van der Waals surface area contributed by atoms with Crippen LogP contribution in [0.5, 0.6) is 0 Å². The van der Waals surface area contributed by atoms with E-state index >= 15 is 0 Å². The van der Waals surface area contributed by atoms with E-state index in [4.69, 9.17) is 4.42 Å². The number of allylic oxidation sites excluding steroid dienone is 2. The van der Waals surface area contributed by atoms with Crippen molar-refractivity contribution in [2.24, 2.45) is 0 Å². The fourth-order valence-corrected chi connectivity index (χ4v) is 4.20. The molecule has 0 N–H and O–H groups in total. The van der Waals surface area contributed by atoms with Gasteiger partial charge in [-0.25, -0.2) is 0 Å². The van der Waals surface area contributed by atoms with E-state index < -0.39 is 0 Å². The molecule has 0 aromatic carbocycles. The van der Waals surface area contributed by atoms with Gasteiger partial charge in [-0.05, 0) is 44.7 Å². The summed E-state index contributed by atoms with van der Waals surface area (Å²) in [6.07, 6.45) is 8.16. The van der Waals surface area contributed by atoms with Crippen LogP contribution in [0.25, 0.3) is 0 Å². The van der Waals surface area contributed by atoms with E-state index in [1.165, 1.54) is 29.5 Å². The van der Waals surface area contributed by atoms with Crippen molar-refractivity contribution in [3.05, 3.63) is 40.9 Å². The maximum Gasteiger partial charge on any atom is 0.237 e. The molecular weight excluding hydrogens is 330 g/mol. The Bertz CT molecular complexity index is 679. The van der Waals surface area contributed by atoms with Crippen molar-refractivity contribution in [3.63, 3.8) is 0 Å². The van der Waals surface area contributed by atoms with E-state index in [2.05, 4.69) is 16.3 Å². The molecule has 7 heteroatoms. The van der Waals surface area contributed by atoms with E-state index in [1.807, 2.05) is 24.0 Å². The lowest BCUT2D eigenvalue weighted by Crippen LogP contribution is -2.32. The van der Waals surface area contributed by atoms with E-state index in [1.54, 1.807) is 6.26 Å². The van der Waals surface area contributed by atoms with Gasteiger partial charge in [0.25, 0.3) is 0 Å². The average Bonchev–Trinajstić information content (AvgIpc) is 3.23. The number of furan rings is 1. The van der Waals surface area contributed by atoms with Gasteiger partial charge in [-0.15, -0.1) is 10.2 Å². The lowest BCUT2D eigenvalue weighted by Gasteiger charge is -2.26. The fourth-order valence-electron chi connectivity index (χ4n) is 2.51. The molecule has 2 heterocycles. The Balaban J connectivity index is 1.68. The second-order valence-electron chi connectivity index (χ2n) is 5.38. The summed E-state index contributed by atoms with van der Waals surface area (Å²) in [5.41, 5.74) is 1.12. The molecule has 2 aromatic rings. The molecule has 0 radical (unpaired) electrons. The average molecular weight is 349 g/mol. The second kappa shape index (κ2) is 7.79. The smallest absolute Gasteiger partial charge is 0.237 e. The van der Waals surface area contributed by atoms with Gasteiger partial charge in [0.15, 0.2) is 4.34 Å². The molecule has 2 aromatic heterocycles. The quantitative estimate of drug-likeness (QED) is 0.737. The Hall–Kier alpha value is -1.60. The molecule has 5 nitrogen and oxygen atoms in total. The minimum atomic E-state index is 0.0902. The molecule has 0 bridgehead atoms. The zero-order valence-corrected chi connectivity index (χ0v) is 14.7. The maximum absolute atomic E-state index is 12.7. The molecular formula is C16H19N3O2S2. The first-order valence-corrected chi connectivity index (χ1v) is 9.47. The summed E-state index contributed by atoms with van der Waals surface area (Å²) in [5, 5.41) is 8.97. The van der Waals surface area contributed by atoms with Gasteiger partial charge >= 0.3 is 0 Å². The van der Waals surface area contributed by atoms with Crippen LogP contribution >= 0.6 is 23.1 Å². The molecule has 0 atom stereocenters. The van der Waals surface area contributed by atoms with E-state index in [0.717, 1.165) is 40.1 Å². The number of amides is 1. The minimum Gasteiger partial charge on any atom is -0.467 e. The van der Waals surface area contributed by atoms with Crippen LogP contribution < -0.4 is 0 Å². The Kier molecular flexibility index (Phi) is 5.51. The molecule has 1 aliphatic rings. The number of hydrogen-bond donors (Lipinski definition) is 0. The van der Waals surface area contributed by atoms with Gasteiger partial charge in [0.05, 0.1) is 18.6 Å². The third kappa shape index (κ3) is 4.45. The highest BCUT2D eigenvalue weighted by Gasteiger charge is 2.21. The summed E-state index contributed by atoms with van der Waals surface area (Å²) in [4.78, 5) is 14.6. The van der Waals surface area contributed by atoms with Crippen LogP contribution in [-0.2, 0) is 11.3 Å².